The lowest BCUT2D eigenvalue weighted by Gasteiger charge is -2.01. The van der Waals surface area contributed by atoms with Gasteiger partial charge >= 0.3 is 5.97 Å². The number of aromatic carboxylic acids is 1. The molecule has 1 aromatic rings. The highest BCUT2D eigenvalue weighted by molar-refractivity contribution is 7.99. The number of nitriles is 1. The Hall–Kier alpha value is -1.32. The average molecular weight is 258 g/mol. The maximum atomic E-state index is 10.7. The van der Waals surface area contributed by atoms with Crippen LogP contribution in [0.2, 0.25) is 5.02 Å². The molecule has 0 bridgehead atoms. The number of carboxylic acids is 1. The first kappa shape index (κ1) is 12.7. The summed E-state index contributed by atoms with van der Waals surface area (Å²) >= 11 is 6.92. The summed E-state index contributed by atoms with van der Waals surface area (Å²) in [5.41, 5.74) is -0.195. The molecular formula is C9H8ClN3O2S. The van der Waals surface area contributed by atoms with Crippen molar-refractivity contribution in [1.29, 1.82) is 5.26 Å². The summed E-state index contributed by atoms with van der Waals surface area (Å²) in [7, 11) is 0. The predicted molar refractivity (Wildman–Crippen MR) is 59.6 cm³/mol. The molecule has 0 aliphatic rings. The Morgan fingerprint density at radius 1 is 1.69 bits per heavy atom. The zero-order chi connectivity index (χ0) is 12.0. The molecule has 1 rings (SSSR count). The van der Waals surface area contributed by atoms with Gasteiger partial charge in [0.2, 0.25) is 0 Å². The van der Waals surface area contributed by atoms with Crippen LogP contribution in [0.25, 0.3) is 0 Å². The maximum Gasteiger partial charge on any atom is 0.356 e. The van der Waals surface area contributed by atoms with Crippen LogP contribution in [0.3, 0.4) is 0 Å². The van der Waals surface area contributed by atoms with Gasteiger partial charge in [0.05, 0.1) is 17.3 Å². The van der Waals surface area contributed by atoms with Gasteiger partial charge in [-0.15, -0.1) is 0 Å². The molecule has 1 aromatic heterocycles. The van der Waals surface area contributed by atoms with Crippen LogP contribution in [-0.2, 0) is 0 Å². The molecule has 0 atom stereocenters. The molecule has 0 spiro atoms. The van der Waals surface area contributed by atoms with Crippen molar-refractivity contribution in [2.24, 2.45) is 0 Å². The molecule has 5 nitrogen and oxygen atoms in total. The number of hydrogen-bond donors (Lipinski definition) is 1. The van der Waals surface area contributed by atoms with E-state index in [2.05, 4.69) is 9.97 Å². The highest BCUT2D eigenvalue weighted by Gasteiger charge is 2.12. The van der Waals surface area contributed by atoms with Crippen molar-refractivity contribution in [2.75, 3.05) is 5.75 Å². The number of carboxylic acid groups (broad SMARTS) is 1. The van der Waals surface area contributed by atoms with E-state index in [-0.39, 0.29) is 10.7 Å². The molecular weight excluding hydrogens is 250 g/mol. The lowest BCUT2D eigenvalue weighted by molar-refractivity contribution is 0.0689. The Balaban J connectivity index is 2.65. The predicted octanol–water partition coefficient (Wildman–Crippen LogP) is 2.22. The first-order chi connectivity index (χ1) is 7.65. The van der Waals surface area contributed by atoms with E-state index in [0.717, 1.165) is 6.42 Å². The zero-order valence-corrected chi connectivity index (χ0v) is 9.75. The van der Waals surface area contributed by atoms with Gasteiger partial charge in [0.15, 0.2) is 10.9 Å². The third-order valence-electron chi connectivity index (χ3n) is 1.59. The van der Waals surface area contributed by atoms with Crippen molar-refractivity contribution in [3.05, 3.63) is 16.9 Å². The quantitative estimate of drug-likeness (QED) is 0.494. The summed E-state index contributed by atoms with van der Waals surface area (Å²) in [6, 6.07) is 2.02. The molecule has 0 aromatic carbocycles. The minimum absolute atomic E-state index is 0.0221. The van der Waals surface area contributed by atoms with Crippen LogP contribution >= 0.6 is 23.4 Å². The molecule has 0 unspecified atom stereocenters. The van der Waals surface area contributed by atoms with Crippen molar-refractivity contribution in [3.8, 4) is 6.07 Å². The number of aromatic nitrogens is 2. The van der Waals surface area contributed by atoms with Crippen molar-refractivity contribution in [3.63, 3.8) is 0 Å². The Labute approximate surface area is 101 Å². The monoisotopic (exact) mass is 257 g/mol. The van der Waals surface area contributed by atoms with Gasteiger partial charge in [-0.1, -0.05) is 23.4 Å². The van der Waals surface area contributed by atoms with Crippen molar-refractivity contribution < 1.29 is 9.90 Å². The van der Waals surface area contributed by atoms with Crippen molar-refractivity contribution in [2.45, 2.75) is 18.0 Å². The highest BCUT2D eigenvalue weighted by atomic mass is 35.5. The van der Waals surface area contributed by atoms with Gasteiger partial charge in [-0.05, 0) is 6.42 Å². The Kier molecular flexibility index (Phi) is 5.02. The van der Waals surface area contributed by atoms with Crippen LogP contribution in [0.4, 0.5) is 0 Å². The van der Waals surface area contributed by atoms with E-state index in [1.54, 1.807) is 0 Å². The van der Waals surface area contributed by atoms with E-state index in [1.807, 2.05) is 6.07 Å². The standard InChI is InChI=1S/C9H8ClN3O2S/c10-6-5-12-9(13-7(6)8(14)15)16-4-2-1-3-11/h5H,1-2,4H2,(H,14,15). The first-order valence-electron chi connectivity index (χ1n) is 4.40. The molecule has 1 N–H and O–H groups in total. The van der Waals surface area contributed by atoms with Crippen LogP contribution in [0, 0.1) is 11.3 Å². The molecule has 0 saturated heterocycles. The van der Waals surface area contributed by atoms with E-state index < -0.39 is 5.97 Å². The van der Waals surface area contributed by atoms with Crippen LogP contribution in [0.5, 0.6) is 0 Å². The van der Waals surface area contributed by atoms with Gasteiger partial charge in [0, 0.05) is 12.2 Å². The zero-order valence-electron chi connectivity index (χ0n) is 8.18. The highest BCUT2D eigenvalue weighted by Crippen LogP contribution is 2.19. The number of carbonyl (C=O) groups is 1. The van der Waals surface area contributed by atoms with Gasteiger partial charge in [-0.2, -0.15) is 5.26 Å². The second-order valence-electron chi connectivity index (χ2n) is 2.76. The fourth-order valence-corrected chi connectivity index (χ4v) is 1.81. The number of rotatable bonds is 5. The number of thioether (sulfide) groups is 1. The smallest absolute Gasteiger partial charge is 0.356 e. The van der Waals surface area contributed by atoms with Gasteiger partial charge in [-0.3, -0.25) is 0 Å². The molecule has 0 aliphatic heterocycles. The summed E-state index contributed by atoms with van der Waals surface area (Å²) in [4.78, 5) is 18.4. The summed E-state index contributed by atoms with van der Waals surface area (Å²) in [5, 5.41) is 17.5. The second kappa shape index (κ2) is 6.30. The van der Waals surface area contributed by atoms with Crippen LogP contribution < -0.4 is 0 Å². The van der Waals surface area contributed by atoms with Crippen LogP contribution in [0.1, 0.15) is 23.3 Å². The number of halogens is 1. The van der Waals surface area contributed by atoms with E-state index in [1.165, 1.54) is 18.0 Å². The lowest BCUT2D eigenvalue weighted by Crippen LogP contribution is -2.03. The fourth-order valence-electron chi connectivity index (χ4n) is 0.885. The van der Waals surface area contributed by atoms with E-state index >= 15 is 0 Å². The summed E-state index contributed by atoms with van der Waals surface area (Å²) in [5.74, 6) is -0.500. The van der Waals surface area contributed by atoms with Gasteiger partial charge in [-0.25, -0.2) is 14.8 Å². The minimum atomic E-state index is -1.17. The van der Waals surface area contributed by atoms with E-state index in [0.29, 0.717) is 17.3 Å². The molecule has 16 heavy (non-hydrogen) atoms. The molecule has 0 radical (unpaired) electrons. The van der Waals surface area contributed by atoms with Gasteiger partial charge in [0.1, 0.15) is 0 Å². The SMILES string of the molecule is N#CCCCSc1ncc(Cl)c(C(=O)O)n1. The Morgan fingerprint density at radius 3 is 3.06 bits per heavy atom. The van der Waals surface area contributed by atoms with Gasteiger partial charge in [0.25, 0.3) is 0 Å². The van der Waals surface area contributed by atoms with Crippen molar-refractivity contribution in [1.82, 2.24) is 9.97 Å². The largest absolute Gasteiger partial charge is 0.476 e. The molecule has 84 valence electrons. The summed E-state index contributed by atoms with van der Waals surface area (Å²) in [6.07, 6.45) is 2.45. The minimum Gasteiger partial charge on any atom is -0.476 e. The number of hydrogen-bond acceptors (Lipinski definition) is 5. The Morgan fingerprint density at radius 2 is 2.44 bits per heavy atom. The van der Waals surface area contributed by atoms with E-state index in [9.17, 15) is 4.79 Å². The lowest BCUT2D eigenvalue weighted by atomic mass is 10.4. The number of unbranched alkanes of at least 4 members (excludes halogenated alkanes) is 1. The average Bonchev–Trinajstić information content (AvgIpc) is 2.26. The maximum absolute atomic E-state index is 10.7. The van der Waals surface area contributed by atoms with Crippen molar-refractivity contribution >= 4 is 29.3 Å². The summed E-state index contributed by atoms with van der Waals surface area (Å²) in [6.45, 7) is 0. The molecule has 0 amide bonds. The molecule has 0 aliphatic carbocycles. The third kappa shape index (κ3) is 3.68. The topological polar surface area (TPSA) is 86.9 Å². The second-order valence-corrected chi connectivity index (χ2v) is 4.23. The molecule has 7 heteroatoms. The normalized spacial score (nSPS) is 9.75. The molecule has 0 fully saturated rings. The number of nitrogens with zero attached hydrogens (tertiary/aromatic N) is 3. The fraction of sp³-hybridized carbons (Fsp3) is 0.333. The molecule has 0 saturated carbocycles. The summed E-state index contributed by atoms with van der Waals surface area (Å²) < 4.78 is 0. The Bertz CT molecular complexity index is 433. The van der Waals surface area contributed by atoms with E-state index in [4.69, 9.17) is 22.0 Å². The van der Waals surface area contributed by atoms with Crippen LogP contribution in [-0.4, -0.2) is 26.8 Å². The molecule has 1 heterocycles. The third-order valence-corrected chi connectivity index (χ3v) is 2.81. The van der Waals surface area contributed by atoms with Gasteiger partial charge < -0.3 is 5.11 Å². The first-order valence-corrected chi connectivity index (χ1v) is 5.77. The van der Waals surface area contributed by atoms with Crippen LogP contribution in [0.15, 0.2) is 11.4 Å².